The summed E-state index contributed by atoms with van der Waals surface area (Å²) in [4.78, 5) is 0. The maximum absolute atomic E-state index is 10.3. The number of aliphatic hydroxyl groups is 1. The van der Waals surface area contributed by atoms with E-state index in [4.69, 9.17) is 0 Å². The van der Waals surface area contributed by atoms with Gasteiger partial charge in [-0.25, -0.2) is 0 Å². The van der Waals surface area contributed by atoms with Gasteiger partial charge < -0.3 is 10.4 Å². The van der Waals surface area contributed by atoms with E-state index in [1.807, 2.05) is 30.3 Å². The minimum Gasteiger partial charge on any atom is -0.387 e. The molecule has 2 nitrogen and oxygen atoms in total. The lowest BCUT2D eigenvalue weighted by Crippen LogP contribution is -2.33. The summed E-state index contributed by atoms with van der Waals surface area (Å²) in [6, 6.07) is 10.9. The summed E-state index contributed by atoms with van der Waals surface area (Å²) >= 11 is 0. The van der Waals surface area contributed by atoms with Crippen molar-refractivity contribution in [1.82, 2.24) is 5.32 Å². The molecule has 2 aliphatic rings. The molecule has 0 bridgehead atoms. The lowest BCUT2D eigenvalue weighted by Gasteiger charge is -2.20. The van der Waals surface area contributed by atoms with Gasteiger partial charge in [-0.1, -0.05) is 36.8 Å². The lowest BCUT2D eigenvalue weighted by atomic mass is 9.96. The first-order valence-electron chi connectivity index (χ1n) is 6.33. The quantitative estimate of drug-likeness (QED) is 0.796. The minimum atomic E-state index is -0.341. The van der Waals surface area contributed by atoms with Crippen LogP contribution in [0.3, 0.4) is 0 Å². The van der Waals surface area contributed by atoms with Gasteiger partial charge in [-0.15, -0.1) is 0 Å². The molecule has 0 unspecified atom stereocenters. The van der Waals surface area contributed by atoms with Gasteiger partial charge in [0.25, 0.3) is 0 Å². The third kappa shape index (κ3) is 1.76. The molecule has 1 saturated heterocycles. The van der Waals surface area contributed by atoms with Crippen LogP contribution in [0, 0.1) is 5.92 Å². The molecule has 2 fully saturated rings. The highest BCUT2D eigenvalue weighted by atomic mass is 16.3. The fourth-order valence-electron chi connectivity index (χ4n) is 3.31. The summed E-state index contributed by atoms with van der Waals surface area (Å²) in [7, 11) is 0. The molecule has 1 heterocycles. The summed E-state index contributed by atoms with van der Waals surface area (Å²) in [5.74, 6) is 0.809. The van der Waals surface area contributed by atoms with E-state index in [1.54, 1.807) is 0 Å². The summed E-state index contributed by atoms with van der Waals surface area (Å²) < 4.78 is 0. The van der Waals surface area contributed by atoms with Crippen molar-refractivity contribution < 1.29 is 5.11 Å². The maximum atomic E-state index is 10.3. The Morgan fingerprint density at radius 1 is 1.19 bits per heavy atom. The van der Waals surface area contributed by atoms with Crippen LogP contribution in [0.2, 0.25) is 0 Å². The molecule has 1 aromatic carbocycles. The summed E-state index contributed by atoms with van der Waals surface area (Å²) in [5, 5.41) is 13.9. The van der Waals surface area contributed by atoms with Gasteiger partial charge in [0.2, 0.25) is 0 Å². The summed E-state index contributed by atoms with van der Waals surface area (Å²) in [5.41, 5.74) is 1.04. The largest absolute Gasteiger partial charge is 0.387 e. The van der Waals surface area contributed by atoms with Gasteiger partial charge in [0.1, 0.15) is 0 Å². The van der Waals surface area contributed by atoms with Gasteiger partial charge in [0.05, 0.1) is 6.10 Å². The summed E-state index contributed by atoms with van der Waals surface area (Å²) in [6.45, 7) is 0. The highest BCUT2D eigenvalue weighted by Gasteiger charge is 2.39. The van der Waals surface area contributed by atoms with Crippen molar-refractivity contribution in [2.75, 3.05) is 0 Å². The van der Waals surface area contributed by atoms with Gasteiger partial charge in [-0.05, 0) is 30.7 Å². The van der Waals surface area contributed by atoms with Gasteiger partial charge >= 0.3 is 0 Å². The van der Waals surface area contributed by atoms with E-state index in [0.717, 1.165) is 17.9 Å². The third-order valence-electron chi connectivity index (χ3n) is 4.17. The molecule has 1 aliphatic carbocycles. The Labute approximate surface area is 96.7 Å². The molecule has 86 valence electrons. The zero-order chi connectivity index (χ0) is 11.0. The van der Waals surface area contributed by atoms with Crippen molar-refractivity contribution in [2.45, 2.75) is 43.9 Å². The monoisotopic (exact) mass is 217 g/mol. The zero-order valence-electron chi connectivity index (χ0n) is 9.47. The van der Waals surface area contributed by atoms with Gasteiger partial charge in [-0.2, -0.15) is 0 Å². The van der Waals surface area contributed by atoms with Crippen molar-refractivity contribution in [3.63, 3.8) is 0 Å². The van der Waals surface area contributed by atoms with E-state index < -0.39 is 0 Å². The first-order chi connectivity index (χ1) is 7.84. The third-order valence-corrected chi connectivity index (χ3v) is 4.17. The normalized spacial score (nSPS) is 34.9. The number of hydrogen-bond acceptors (Lipinski definition) is 2. The van der Waals surface area contributed by atoms with Crippen LogP contribution in [-0.2, 0) is 0 Å². The molecule has 0 spiro atoms. The molecule has 0 aromatic heterocycles. The summed E-state index contributed by atoms with van der Waals surface area (Å²) in [6.07, 6.45) is 4.79. The molecule has 2 heteroatoms. The molecule has 4 atom stereocenters. The maximum Gasteiger partial charge on any atom is 0.0943 e. The molecular weight excluding hydrogens is 198 g/mol. The van der Waals surface area contributed by atoms with Gasteiger partial charge in [-0.3, -0.25) is 0 Å². The van der Waals surface area contributed by atoms with Crippen molar-refractivity contribution in [1.29, 1.82) is 0 Å². The van der Waals surface area contributed by atoms with Gasteiger partial charge in [0, 0.05) is 12.1 Å². The molecule has 16 heavy (non-hydrogen) atoms. The Hall–Kier alpha value is -0.860. The Morgan fingerprint density at radius 2 is 2.00 bits per heavy atom. The highest BCUT2D eigenvalue weighted by Crippen LogP contribution is 2.38. The average molecular weight is 217 g/mol. The Bertz CT molecular complexity index is 339. The fourth-order valence-corrected chi connectivity index (χ4v) is 3.31. The first-order valence-corrected chi connectivity index (χ1v) is 6.33. The number of rotatable bonds is 2. The van der Waals surface area contributed by atoms with Crippen LogP contribution in [-0.4, -0.2) is 17.2 Å². The van der Waals surface area contributed by atoms with Gasteiger partial charge in [0.15, 0.2) is 0 Å². The van der Waals surface area contributed by atoms with E-state index in [-0.39, 0.29) is 12.1 Å². The van der Waals surface area contributed by atoms with Crippen molar-refractivity contribution >= 4 is 0 Å². The smallest absolute Gasteiger partial charge is 0.0943 e. The predicted molar refractivity (Wildman–Crippen MR) is 64.1 cm³/mol. The van der Waals surface area contributed by atoms with Crippen LogP contribution in [0.5, 0.6) is 0 Å². The molecule has 1 aliphatic heterocycles. The lowest BCUT2D eigenvalue weighted by molar-refractivity contribution is 0.133. The van der Waals surface area contributed by atoms with E-state index in [9.17, 15) is 5.11 Å². The Kier molecular flexibility index (Phi) is 2.70. The van der Waals surface area contributed by atoms with E-state index in [2.05, 4.69) is 5.32 Å². The molecule has 3 rings (SSSR count). The van der Waals surface area contributed by atoms with Crippen LogP contribution in [0.15, 0.2) is 30.3 Å². The molecule has 1 aromatic rings. The van der Waals surface area contributed by atoms with E-state index in [0.29, 0.717) is 6.04 Å². The van der Waals surface area contributed by atoms with Crippen molar-refractivity contribution in [2.24, 2.45) is 5.92 Å². The molecule has 1 saturated carbocycles. The number of benzene rings is 1. The Morgan fingerprint density at radius 3 is 2.75 bits per heavy atom. The topological polar surface area (TPSA) is 32.3 Å². The second-order valence-corrected chi connectivity index (χ2v) is 5.16. The molecule has 0 radical (unpaired) electrons. The van der Waals surface area contributed by atoms with Crippen LogP contribution in [0.4, 0.5) is 0 Å². The number of nitrogens with one attached hydrogen (secondary N) is 1. The molecule has 0 amide bonds. The standard InChI is InChI=1S/C14H19NO/c16-14(10-5-2-1-3-6-10)13-9-11-7-4-8-12(11)15-13/h1-3,5-6,11-16H,4,7-9H2/t11-,12-,13-,14+/m1/s1. The van der Waals surface area contributed by atoms with E-state index in [1.165, 1.54) is 19.3 Å². The zero-order valence-corrected chi connectivity index (χ0v) is 9.47. The van der Waals surface area contributed by atoms with Crippen LogP contribution in [0.1, 0.15) is 37.4 Å². The SMILES string of the molecule is O[C@@H](c1ccccc1)[C@H]1C[C@H]2CCC[C@H]2N1. The second kappa shape index (κ2) is 4.19. The van der Waals surface area contributed by atoms with Crippen LogP contribution in [0.25, 0.3) is 0 Å². The van der Waals surface area contributed by atoms with Crippen molar-refractivity contribution in [3.8, 4) is 0 Å². The average Bonchev–Trinajstić information content (AvgIpc) is 2.89. The fraction of sp³-hybridized carbons (Fsp3) is 0.571. The predicted octanol–water partition coefficient (Wildman–Crippen LogP) is 2.25. The van der Waals surface area contributed by atoms with E-state index >= 15 is 0 Å². The number of hydrogen-bond donors (Lipinski definition) is 2. The Balaban J connectivity index is 1.71. The van der Waals surface area contributed by atoms with Crippen molar-refractivity contribution in [3.05, 3.63) is 35.9 Å². The number of fused-ring (bicyclic) bond motifs is 1. The van der Waals surface area contributed by atoms with Crippen LogP contribution < -0.4 is 5.32 Å². The molecule has 2 N–H and O–H groups in total. The first kappa shape index (κ1) is 10.3. The minimum absolute atomic E-state index is 0.262. The highest BCUT2D eigenvalue weighted by molar-refractivity contribution is 5.19. The van der Waals surface area contributed by atoms with Crippen LogP contribution >= 0.6 is 0 Å². The second-order valence-electron chi connectivity index (χ2n) is 5.16. The number of aliphatic hydroxyl groups excluding tert-OH is 1. The molecular formula is C14H19NO.